The summed E-state index contributed by atoms with van der Waals surface area (Å²) in [6, 6.07) is 15.9. The monoisotopic (exact) mass is 379 g/mol. The summed E-state index contributed by atoms with van der Waals surface area (Å²) >= 11 is 0. The van der Waals surface area contributed by atoms with Crippen LogP contribution < -0.4 is 10.3 Å². The standard InChI is InChI=1S/C23H29N3O2/c1-4-5-16-28-19-12-10-18(11-13-19)17-22-20-8-6-7-9-21(20)23(27)26(24-22)15-14-25(2)3/h6-13H,4-5,14-17H2,1-3H3. The van der Waals surface area contributed by atoms with Crippen LogP contribution in [0.5, 0.6) is 5.75 Å². The molecule has 3 aromatic rings. The Bertz CT molecular complexity index is 962. The minimum Gasteiger partial charge on any atom is -0.494 e. The Labute approximate surface area is 166 Å². The molecule has 0 aliphatic heterocycles. The van der Waals surface area contributed by atoms with Crippen molar-refractivity contribution in [3.05, 3.63) is 70.1 Å². The summed E-state index contributed by atoms with van der Waals surface area (Å²) in [6.07, 6.45) is 2.87. The maximum absolute atomic E-state index is 12.8. The Morgan fingerprint density at radius 2 is 1.75 bits per heavy atom. The third kappa shape index (κ3) is 4.98. The van der Waals surface area contributed by atoms with Crippen molar-refractivity contribution in [1.29, 1.82) is 0 Å². The van der Waals surface area contributed by atoms with Crippen molar-refractivity contribution < 1.29 is 4.74 Å². The van der Waals surface area contributed by atoms with Crippen molar-refractivity contribution in [3.63, 3.8) is 0 Å². The van der Waals surface area contributed by atoms with Gasteiger partial charge in [0.1, 0.15) is 5.75 Å². The van der Waals surface area contributed by atoms with E-state index < -0.39 is 0 Å². The highest BCUT2D eigenvalue weighted by molar-refractivity contribution is 5.83. The topological polar surface area (TPSA) is 47.4 Å². The predicted octanol–water partition coefficient (Wildman–Crippen LogP) is 3.73. The van der Waals surface area contributed by atoms with Gasteiger partial charge in [0.2, 0.25) is 0 Å². The highest BCUT2D eigenvalue weighted by atomic mass is 16.5. The fourth-order valence-electron chi connectivity index (χ4n) is 3.11. The van der Waals surface area contributed by atoms with E-state index >= 15 is 0 Å². The number of fused-ring (bicyclic) bond motifs is 1. The molecule has 0 aliphatic rings. The zero-order chi connectivity index (χ0) is 19.9. The highest BCUT2D eigenvalue weighted by Crippen LogP contribution is 2.19. The van der Waals surface area contributed by atoms with Crippen molar-refractivity contribution in [3.8, 4) is 5.75 Å². The van der Waals surface area contributed by atoms with E-state index in [4.69, 9.17) is 9.84 Å². The van der Waals surface area contributed by atoms with E-state index in [1.807, 2.05) is 50.5 Å². The van der Waals surface area contributed by atoms with Crippen LogP contribution in [-0.4, -0.2) is 41.9 Å². The summed E-state index contributed by atoms with van der Waals surface area (Å²) in [5, 5.41) is 6.35. The number of hydrogen-bond donors (Lipinski definition) is 0. The van der Waals surface area contributed by atoms with Crippen molar-refractivity contribution in [2.45, 2.75) is 32.7 Å². The molecule has 0 unspecified atom stereocenters. The lowest BCUT2D eigenvalue weighted by Crippen LogP contribution is -2.29. The molecule has 3 rings (SSSR count). The van der Waals surface area contributed by atoms with Crippen LogP contribution >= 0.6 is 0 Å². The van der Waals surface area contributed by atoms with Crippen molar-refractivity contribution in [2.24, 2.45) is 0 Å². The Kier molecular flexibility index (Phi) is 6.82. The summed E-state index contributed by atoms with van der Waals surface area (Å²) in [6.45, 7) is 4.25. The Morgan fingerprint density at radius 1 is 1.04 bits per heavy atom. The first kappa shape index (κ1) is 20.1. The second-order valence-electron chi connectivity index (χ2n) is 7.35. The number of nitrogens with zero attached hydrogens (tertiary/aromatic N) is 3. The molecule has 0 atom stereocenters. The van der Waals surface area contributed by atoms with Gasteiger partial charge in [-0.05, 0) is 44.3 Å². The second kappa shape index (κ2) is 9.51. The first-order valence-electron chi connectivity index (χ1n) is 9.93. The van der Waals surface area contributed by atoms with Gasteiger partial charge in [-0.1, -0.05) is 43.7 Å². The molecular weight excluding hydrogens is 350 g/mol. The molecule has 1 heterocycles. The third-order valence-electron chi connectivity index (χ3n) is 4.76. The smallest absolute Gasteiger partial charge is 0.274 e. The molecule has 0 amide bonds. The highest BCUT2D eigenvalue weighted by Gasteiger charge is 2.11. The molecule has 1 aromatic heterocycles. The summed E-state index contributed by atoms with van der Waals surface area (Å²) in [4.78, 5) is 14.8. The average molecular weight is 380 g/mol. The molecule has 0 radical (unpaired) electrons. The van der Waals surface area contributed by atoms with Gasteiger partial charge in [0.25, 0.3) is 5.56 Å². The first-order chi connectivity index (χ1) is 13.6. The van der Waals surface area contributed by atoms with Gasteiger partial charge in [0.05, 0.1) is 24.2 Å². The summed E-state index contributed by atoms with van der Waals surface area (Å²) in [7, 11) is 3.99. The van der Waals surface area contributed by atoms with E-state index in [1.54, 1.807) is 4.68 Å². The van der Waals surface area contributed by atoms with Crippen molar-refractivity contribution >= 4 is 10.8 Å². The van der Waals surface area contributed by atoms with Crippen LogP contribution in [-0.2, 0) is 13.0 Å². The fourth-order valence-corrected chi connectivity index (χ4v) is 3.11. The van der Waals surface area contributed by atoms with Crippen molar-refractivity contribution in [1.82, 2.24) is 14.7 Å². The minimum atomic E-state index is -0.0270. The van der Waals surface area contributed by atoms with Crippen LogP contribution in [0.3, 0.4) is 0 Å². The number of hydrogen-bond acceptors (Lipinski definition) is 4. The summed E-state index contributed by atoms with van der Waals surface area (Å²) in [5.74, 6) is 0.894. The van der Waals surface area contributed by atoms with Gasteiger partial charge in [-0.15, -0.1) is 0 Å². The normalized spacial score (nSPS) is 11.3. The number of aromatic nitrogens is 2. The van der Waals surface area contributed by atoms with Gasteiger partial charge in [-0.3, -0.25) is 4.79 Å². The van der Waals surface area contributed by atoms with Crippen molar-refractivity contribution in [2.75, 3.05) is 27.2 Å². The molecule has 0 bridgehead atoms. The van der Waals surface area contributed by atoms with Crippen LogP contribution in [0, 0.1) is 0 Å². The molecule has 5 nitrogen and oxygen atoms in total. The zero-order valence-electron chi connectivity index (χ0n) is 17.0. The maximum Gasteiger partial charge on any atom is 0.274 e. The molecular formula is C23H29N3O2. The number of benzene rings is 2. The van der Waals surface area contributed by atoms with E-state index in [0.29, 0.717) is 13.0 Å². The largest absolute Gasteiger partial charge is 0.494 e. The van der Waals surface area contributed by atoms with Crippen LogP contribution in [0.4, 0.5) is 0 Å². The average Bonchev–Trinajstić information content (AvgIpc) is 2.70. The van der Waals surface area contributed by atoms with Gasteiger partial charge in [0, 0.05) is 18.4 Å². The molecule has 148 valence electrons. The molecule has 0 saturated carbocycles. The lowest BCUT2D eigenvalue weighted by atomic mass is 10.0. The predicted molar refractivity (Wildman–Crippen MR) is 114 cm³/mol. The van der Waals surface area contributed by atoms with E-state index in [0.717, 1.165) is 53.8 Å². The Balaban J connectivity index is 1.87. The molecule has 0 N–H and O–H groups in total. The van der Waals surface area contributed by atoms with Gasteiger partial charge < -0.3 is 9.64 Å². The molecule has 5 heteroatoms. The summed E-state index contributed by atoms with van der Waals surface area (Å²) in [5.41, 5.74) is 2.05. The van der Waals surface area contributed by atoms with E-state index in [2.05, 4.69) is 24.0 Å². The molecule has 2 aromatic carbocycles. The van der Waals surface area contributed by atoms with Gasteiger partial charge in [0.15, 0.2) is 0 Å². The third-order valence-corrected chi connectivity index (χ3v) is 4.76. The lowest BCUT2D eigenvalue weighted by molar-refractivity contribution is 0.309. The molecule has 0 spiro atoms. The second-order valence-corrected chi connectivity index (χ2v) is 7.35. The molecule has 0 saturated heterocycles. The number of rotatable bonds is 9. The fraction of sp³-hybridized carbons (Fsp3) is 0.391. The van der Waals surface area contributed by atoms with Gasteiger partial charge >= 0.3 is 0 Å². The SMILES string of the molecule is CCCCOc1ccc(Cc2nn(CCN(C)C)c(=O)c3ccccc23)cc1. The summed E-state index contributed by atoms with van der Waals surface area (Å²) < 4.78 is 7.34. The van der Waals surface area contributed by atoms with Crippen LogP contribution in [0.15, 0.2) is 53.3 Å². The maximum atomic E-state index is 12.8. The molecule has 0 fully saturated rings. The Hall–Kier alpha value is -2.66. The van der Waals surface area contributed by atoms with Crippen LogP contribution in [0.25, 0.3) is 10.8 Å². The lowest BCUT2D eigenvalue weighted by Gasteiger charge is -2.14. The zero-order valence-corrected chi connectivity index (χ0v) is 17.0. The number of ether oxygens (including phenoxy) is 1. The number of unbranched alkanes of at least 4 members (excludes halogenated alkanes) is 1. The quantitative estimate of drug-likeness (QED) is 0.532. The Morgan fingerprint density at radius 3 is 2.43 bits per heavy atom. The molecule has 28 heavy (non-hydrogen) atoms. The van der Waals surface area contributed by atoms with E-state index in [9.17, 15) is 4.79 Å². The van der Waals surface area contributed by atoms with Crippen LogP contribution in [0.1, 0.15) is 31.0 Å². The van der Waals surface area contributed by atoms with Gasteiger partial charge in [-0.25, -0.2) is 4.68 Å². The first-order valence-corrected chi connectivity index (χ1v) is 9.93. The van der Waals surface area contributed by atoms with Crippen LogP contribution in [0.2, 0.25) is 0 Å². The van der Waals surface area contributed by atoms with E-state index in [1.165, 1.54) is 0 Å². The van der Waals surface area contributed by atoms with E-state index in [-0.39, 0.29) is 5.56 Å². The van der Waals surface area contributed by atoms with Gasteiger partial charge in [-0.2, -0.15) is 5.10 Å². The number of likely N-dealkylation sites (N-methyl/N-ethyl adjacent to an activating group) is 1. The minimum absolute atomic E-state index is 0.0270. The molecule has 0 aliphatic carbocycles.